The minimum atomic E-state index is -0.0881. The van der Waals surface area contributed by atoms with Gasteiger partial charge in [0.2, 0.25) is 5.91 Å². The van der Waals surface area contributed by atoms with Crippen molar-refractivity contribution in [2.75, 3.05) is 27.3 Å². The summed E-state index contributed by atoms with van der Waals surface area (Å²) < 4.78 is 10.8. The lowest BCUT2D eigenvalue weighted by molar-refractivity contribution is -0.121. The summed E-state index contributed by atoms with van der Waals surface area (Å²) in [7, 11) is 3.13. The number of ether oxygens (including phenoxy) is 2. The Balaban J connectivity index is 2.78. The van der Waals surface area contributed by atoms with Crippen molar-refractivity contribution in [3.05, 3.63) is 22.7 Å². The van der Waals surface area contributed by atoms with E-state index in [9.17, 15) is 4.79 Å². The van der Waals surface area contributed by atoms with Crippen LogP contribution in [0.3, 0.4) is 0 Å². The molecular formula is C13H19ClN2O3. The molecule has 0 unspecified atom stereocenters. The van der Waals surface area contributed by atoms with Crippen molar-refractivity contribution in [1.29, 1.82) is 0 Å². The molecule has 19 heavy (non-hydrogen) atoms. The van der Waals surface area contributed by atoms with Gasteiger partial charge in [-0.2, -0.15) is 0 Å². The molecule has 0 saturated heterocycles. The van der Waals surface area contributed by atoms with Crippen molar-refractivity contribution < 1.29 is 14.3 Å². The van der Waals surface area contributed by atoms with Gasteiger partial charge in [0.05, 0.1) is 25.2 Å². The summed E-state index contributed by atoms with van der Waals surface area (Å²) in [5.41, 5.74) is 6.50. The maximum atomic E-state index is 11.1. The first-order chi connectivity index (χ1) is 9.12. The summed E-state index contributed by atoms with van der Waals surface area (Å²) >= 11 is 6.15. The minimum Gasteiger partial charge on any atom is -0.493 e. The molecule has 1 rings (SSSR count). The lowest BCUT2D eigenvalue weighted by Gasteiger charge is -2.13. The van der Waals surface area contributed by atoms with Crippen LogP contribution >= 0.6 is 11.6 Å². The zero-order valence-electron chi connectivity index (χ0n) is 11.2. The molecule has 1 aromatic carbocycles. The molecule has 0 bridgehead atoms. The highest BCUT2D eigenvalue weighted by atomic mass is 35.5. The molecule has 106 valence electrons. The molecule has 1 amide bonds. The van der Waals surface area contributed by atoms with Crippen LogP contribution in [-0.4, -0.2) is 33.2 Å². The van der Waals surface area contributed by atoms with E-state index >= 15 is 0 Å². The number of carbonyl (C=O) groups is 1. The average molecular weight is 287 g/mol. The van der Waals surface area contributed by atoms with Crippen LogP contribution in [0.25, 0.3) is 0 Å². The maximum absolute atomic E-state index is 11.1. The standard InChI is InChI=1S/C13H19ClN2O3/c1-16-12(17)4-6-19-13-10(14)7-9(3-5-15)8-11(13)18-2/h7-8H,3-6,15H2,1-2H3,(H,16,17). The van der Waals surface area contributed by atoms with Crippen LogP contribution in [0.4, 0.5) is 0 Å². The molecule has 0 heterocycles. The summed E-state index contributed by atoms with van der Waals surface area (Å²) in [4.78, 5) is 11.1. The van der Waals surface area contributed by atoms with E-state index in [2.05, 4.69) is 5.32 Å². The Morgan fingerprint density at radius 2 is 2.21 bits per heavy atom. The first-order valence-corrected chi connectivity index (χ1v) is 6.40. The highest BCUT2D eigenvalue weighted by Gasteiger charge is 2.12. The maximum Gasteiger partial charge on any atom is 0.223 e. The van der Waals surface area contributed by atoms with Crippen LogP contribution in [0, 0.1) is 0 Å². The lowest BCUT2D eigenvalue weighted by Crippen LogP contribution is -2.20. The quantitative estimate of drug-likeness (QED) is 0.794. The topological polar surface area (TPSA) is 73.6 Å². The fourth-order valence-electron chi connectivity index (χ4n) is 1.60. The smallest absolute Gasteiger partial charge is 0.223 e. The molecule has 0 aliphatic rings. The van der Waals surface area contributed by atoms with Crippen LogP contribution in [0.2, 0.25) is 5.02 Å². The summed E-state index contributed by atoms with van der Waals surface area (Å²) in [6.07, 6.45) is 0.981. The molecular weight excluding hydrogens is 268 g/mol. The van der Waals surface area contributed by atoms with Crippen molar-refractivity contribution in [2.24, 2.45) is 5.73 Å². The number of hydrogen-bond acceptors (Lipinski definition) is 4. The van der Waals surface area contributed by atoms with E-state index in [-0.39, 0.29) is 18.9 Å². The fourth-order valence-corrected chi connectivity index (χ4v) is 1.88. The number of nitrogens with one attached hydrogen (secondary N) is 1. The Hall–Kier alpha value is -1.46. The first-order valence-electron chi connectivity index (χ1n) is 6.02. The Morgan fingerprint density at radius 3 is 2.79 bits per heavy atom. The highest BCUT2D eigenvalue weighted by molar-refractivity contribution is 6.32. The third kappa shape index (κ3) is 4.61. The normalized spacial score (nSPS) is 10.1. The second-order valence-electron chi connectivity index (χ2n) is 3.92. The summed E-state index contributed by atoms with van der Waals surface area (Å²) in [6, 6.07) is 3.64. The Labute approximate surface area is 118 Å². The van der Waals surface area contributed by atoms with Crippen molar-refractivity contribution in [2.45, 2.75) is 12.8 Å². The fraction of sp³-hybridized carbons (Fsp3) is 0.462. The molecule has 1 aromatic rings. The van der Waals surface area contributed by atoms with E-state index in [1.807, 2.05) is 6.07 Å². The van der Waals surface area contributed by atoms with Gasteiger partial charge in [-0.1, -0.05) is 11.6 Å². The van der Waals surface area contributed by atoms with Gasteiger partial charge in [-0.15, -0.1) is 0 Å². The lowest BCUT2D eigenvalue weighted by atomic mass is 10.1. The van der Waals surface area contributed by atoms with Crippen LogP contribution in [0.5, 0.6) is 11.5 Å². The van der Waals surface area contributed by atoms with Crippen LogP contribution in [-0.2, 0) is 11.2 Å². The first kappa shape index (κ1) is 15.6. The van der Waals surface area contributed by atoms with Crippen LogP contribution in [0.15, 0.2) is 12.1 Å². The number of hydrogen-bond donors (Lipinski definition) is 2. The van der Waals surface area contributed by atoms with E-state index in [1.54, 1.807) is 20.2 Å². The van der Waals surface area contributed by atoms with Gasteiger partial charge >= 0.3 is 0 Å². The summed E-state index contributed by atoms with van der Waals surface area (Å²) in [6.45, 7) is 0.780. The van der Waals surface area contributed by atoms with Crippen molar-refractivity contribution in [3.63, 3.8) is 0 Å². The molecule has 3 N–H and O–H groups in total. The zero-order valence-corrected chi connectivity index (χ0v) is 11.9. The molecule has 0 fully saturated rings. The van der Waals surface area contributed by atoms with Gasteiger partial charge in [0.1, 0.15) is 0 Å². The molecule has 0 saturated carbocycles. The third-order valence-corrected chi connectivity index (χ3v) is 2.86. The van der Waals surface area contributed by atoms with Gasteiger partial charge in [0.25, 0.3) is 0 Å². The molecule has 0 aliphatic heterocycles. The van der Waals surface area contributed by atoms with Crippen molar-refractivity contribution in [3.8, 4) is 11.5 Å². The molecule has 0 radical (unpaired) electrons. The molecule has 0 aliphatic carbocycles. The number of methoxy groups -OCH3 is 1. The SMILES string of the molecule is CNC(=O)CCOc1c(Cl)cc(CCN)cc1OC. The summed E-state index contributed by atoms with van der Waals surface area (Å²) in [5.74, 6) is 0.913. The van der Waals surface area contributed by atoms with Crippen LogP contribution in [0.1, 0.15) is 12.0 Å². The monoisotopic (exact) mass is 286 g/mol. The Morgan fingerprint density at radius 1 is 1.47 bits per heavy atom. The molecule has 5 nitrogen and oxygen atoms in total. The number of carbonyl (C=O) groups excluding carboxylic acids is 1. The van der Waals surface area contributed by atoms with Crippen molar-refractivity contribution >= 4 is 17.5 Å². The second-order valence-corrected chi connectivity index (χ2v) is 4.33. The van der Waals surface area contributed by atoms with Crippen LogP contribution < -0.4 is 20.5 Å². The number of amides is 1. The average Bonchev–Trinajstić information content (AvgIpc) is 2.40. The second kappa shape index (κ2) is 7.86. The number of rotatable bonds is 7. The zero-order chi connectivity index (χ0) is 14.3. The van der Waals surface area contributed by atoms with E-state index in [0.29, 0.717) is 29.5 Å². The number of nitrogens with two attached hydrogens (primary N) is 1. The highest BCUT2D eigenvalue weighted by Crippen LogP contribution is 2.36. The third-order valence-electron chi connectivity index (χ3n) is 2.58. The van der Waals surface area contributed by atoms with Gasteiger partial charge in [0.15, 0.2) is 11.5 Å². The Kier molecular flexibility index (Phi) is 6.45. The van der Waals surface area contributed by atoms with Gasteiger partial charge in [-0.3, -0.25) is 4.79 Å². The molecule has 6 heteroatoms. The van der Waals surface area contributed by atoms with Crippen molar-refractivity contribution in [1.82, 2.24) is 5.32 Å². The number of benzene rings is 1. The van der Waals surface area contributed by atoms with E-state index in [4.69, 9.17) is 26.8 Å². The Bertz CT molecular complexity index is 438. The predicted octanol–water partition coefficient (Wildman–Crippen LogP) is 1.36. The van der Waals surface area contributed by atoms with Gasteiger partial charge < -0.3 is 20.5 Å². The molecule has 0 aromatic heterocycles. The summed E-state index contributed by atoms with van der Waals surface area (Å²) in [5, 5.41) is 2.98. The van der Waals surface area contributed by atoms with Gasteiger partial charge in [-0.25, -0.2) is 0 Å². The molecule has 0 spiro atoms. The van der Waals surface area contributed by atoms with E-state index < -0.39 is 0 Å². The number of halogens is 1. The van der Waals surface area contributed by atoms with Gasteiger partial charge in [0, 0.05) is 7.05 Å². The van der Waals surface area contributed by atoms with E-state index in [1.165, 1.54) is 0 Å². The van der Waals surface area contributed by atoms with E-state index in [0.717, 1.165) is 5.56 Å². The minimum absolute atomic E-state index is 0.0881. The molecule has 0 atom stereocenters. The van der Waals surface area contributed by atoms with Gasteiger partial charge in [-0.05, 0) is 30.7 Å². The predicted molar refractivity (Wildman–Crippen MR) is 74.9 cm³/mol. The largest absolute Gasteiger partial charge is 0.493 e.